The van der Waals surface area contributed by atoms with E-state index < -0.39 is 5.91 Å². The molecule has 6 heteroatoms. The van der Waals surface area contributed by atoms with Gasteiger partial charge in [0.25, 0.3) is 0 Å². The number of aromatic hydroxyl groups is 1. The van der Waals surface area contributed by atoms with Gasteiger partial charge in [0.2, 0.25) is 5.91 Å². The van der Waals surface area contributed by atoms with Crippen LogP contribution >= 0.6 is 0 Å². The highest BCUT2D eigenvalue weighted by molar-refractivity contribution is 5.94. The first-order chi connectivity index (χ1) is 12.6. The fourth-order valence-corrected chi connectivity index (χ4v) is 2.60. The largest absolute Gasteiger partial charge is 0.504 e. The monoisotopic (exact) mass is 349 g/mol. The summed E-state index contributed by atoms with van der Waals surface area (Å²) in [7, 11) is 1.51. The number of nitrogens with two attached hydrogens (primary N) is 1. The fourth-order valence-electron chi connectivity index (χ4n) is 2.60. The summed E-state index contributed by atoms with van der Waals surface area (Å²) >= 11 is 0. The number of hydrogen-bond donors (Lipinski definition) is 3. The van der Waals surface area contributed by atoms with Crippen LogP contribution in [0.25, 0.3) is 11.1 Å². The number of carbonyl (C=O) groups excluding carboxylic acids is 1. The maximum Gasteiger partial charge on any atom is 0.248 e. The molecule has 0 unspecified atom stereocenters. The van der Waals surface area contributed by atoms with E-state index in [9.17, 15) is 9.90 Å². The van der Waals surface area contributed by atoms with Crippen molar-refractivity contribution in [3.8, 4) is 22.6 Å². The number of hydrogen-bond acceptors (Lipinski definition) is 5. The molecule has 1 heterocycles. The van der Waals surface area contributed by atoms with Gasteiger partial charge < -0.3 is 20.9 Å². The number of amides is 1. The number of methoxy groups -OCH3 is 1. The molecular formula is C20H19N3O3. The minimum absolute atomic E-state index is 0.0990. The highest BCUT2D eigenvalue weighted by atomic mass is 16.5. The van der Waals surface area contributed by atoms with E-state index in [1.165, 1.54) is 7.11 Å². The summed E-state index contributed by atoms with van der Waals surface area (Å²) in [4.78, 5) is 15.6. The first-order valence-electron chi connectivity index (χ1n) is 8.02. The maximum atomic E-state index is 11.3. The molecule has 0 spiro atoms. The normalized spacial score (nSPS) is 10.3. The van der Waals surface area contributed by atoms with Crippen LogP contribution in [0.15, 0.2) is 60.9 Å². The third kappa shape index (κ3) is 3.92. The van der Waals surface area contributed by atoms with Crippen LogP contribution in [0.3, 0.4) is 0 Å². The zero-order chi connectivity index (χ0) is 18.5. The molecule has 2 aromatic carbocycles. The Hall–Kier alpha value is -3.54. The van der Waals surface area contributed by atoms with Crippen molar-refractivity contribution in [1.29, 1.82) is 0 Å². The number of ether oxygens (including phenoxy) is 1. The predicted octanol–water partition coefficient (Wildman–Crippen LogP) is 3.17. The number of rotatable bonds is 6. The molecule has 6 nitrogen and oxygen atoms in total. The molecule has 4 N–H and O–H groups in total. The van der Waals surface area contributed by atoms with Gasteiger partial charge in [-0.15, -0.1) is 0 Å². The van der Waals surface area contributed by atoms with Crippen LogP contribution in [0, 0.1) is 0 Å². The Kier molecular flexibility index (Phi) is 5.03. The van der Waals surface area contributed by atoms with Crippen molar-refractivity contribution in [2.45, 2.75) is 6.54 Å². The second kappa shape index (κ2) is 7.57. The first kappa shape index (κ1) is 17.3. The molecule has 0 aliphatic rings. The van der Waals surface area contributed by atoms with Crippen LogP contribution in [-0.2, 0) is 6.54 Å². The Morgan fingerprint density at radius 3 is 2.73 bits per heavy atom. The molecule has 0 aliphatic heterocycles. The number of aromatic nitrogens is 1. The number of nitrogens with zero attached hydrogens (tertiary/aromatic N) is 1. The number of carbonyl (C=O) groups is 1. The summed E-state index contributed by atoms with van der Waals surface area (Å²) in [5.41, 5.74) is 9.25. The van der Waals surface area contributed by atoms with Crippen molar-refractivity contribution in [3.05, 3.63) is 72.1 Å². The second-order valence-electron chi connectivity index (χ2n) is 5.77. The average Bonchev–Trinajstić information content (AvgIpc) is 2.67. The van der Waals surface area contributed by atoms with Gasteiger partial charge in [0, 0.05) is 30.1 Å². The molecule has 0 radical (unpaired) electrons. The Morgan fingerprint density at radius 1 is 1.15 bits per heavy atom. The minimum atomic E-state index is -0.464. The van der Waals surface area contributed by atoms with Crippen LogP contribution in [0.2, 0.25) is 0 Å². The van der Waals surface area contributed by atoms with Crippen molar-refractivity contribution in [2.24, 2.45) is 5.73 Å². The van der Waals surface area contributed by atoms with Crippen LogP contribution in [0.4, 0.5) is 5.69 Å². The zero-order valence-electron chi connectivity index (χ0n) is 14.3. The third-order valence-corrected chi connectivity index (χ3v) is 3.96. The van der Waals surface area contributed by atoms with E-state index >= 15 is 0 Å². The standard InChI is InChI=1S/C20H19N3O3/c1-26-19-6-5-13(7-18(19)24)10-23-17-9-16(11-22-12-17)14-3-2-4-15(8-14)20(21)25/h2-9,11-12,23-24H,10H2,1H3,(H2,21,25). The molecule has 0 bridgehead atoms. The summed E-state index contributed by atoms with van der Waals surface area (Å²) in [5, 5.41) is 13.1. The Bertz CT molecular complexity index is 941. The Balaban J connectivity index is 1.76. The van der Waals surface area contributed by atoms with Gasteiger partial charge in [0.1, 0.15) is 0 Å². The summed E-state index contributed by atoms with van der Waals surface area (Å²) in [6.07, 6.45) is 3.44. The Morgan fingerprint density at radius 2 is 2.00 bits per heavy atom. The minimum Gasteiger partial charge on any atom is -0.504 e. The number of phenolic OH excluding ortho intramolecular Hbond substituents is 1. The van der Waals surface area contributed by atoms with E-state index in [4.69, 9.17) is 10.5 Å². The van der Waals surface area contributed by atoms with E-state index in [0.717, 1.165) is 22.4 Å². The van der Waals surface area contributed by atoms with Crippen molar-refractivity contribution in [2.75, 3.05) is 12.4 Å². The van der Waals surface area contributed by atoms with Crippen LogP contribution in [0.1, 0.15) is 15.9 Å². The lowest BCUT2D eigenvalue weighted by Crippen LogP contribution is -2.10. The molecule has 0 saturated carbocycles. The summed E-state index contributed by atoms with van der Waals surface area (Å²) < 4.78 is 5.04. The number of nitrogens with one attached hydrogen (secondary N) is 1. The van der Waals surface area contributed by atoms with Gasteiger partial charge in [-0.3, -0.25) is 9.78 Å². The van der Waals surface area contributed by atoms with E-state index in [-0.39, 0.29) is 5.75 Å². The smallest absolute Gasteiger partial charge is 0.248 e. The molecule has 3 rings (SSSR count). The molecule has 1 aromatic heterocycles. The molecule has 0 saturated heterocycles. The molecule has 26 heavy (non-hydrogen) atoms. The van der Waals surface area contributed by atoms with Gasteiger partial charge in [-0.1, -0.05) is 18.2 Å². The van der Waals surface area contributed by atoms with E-state index in [1.807, 2.05) is 18.2 Å². The highest BCUT2D eigenvalue weighted by Crippen LogP contribution is 2.27. The second-order valence-corrected chi connectivity index (χ2v) is 5.77. The number of benzene rings is 2. The third-order valence-electron chi connectivity index (χ3n) is 3.96. The van der Waals surface area contributed by atoms with Gasteiger partial charge in [0.05, 0.1) is 12.8 Å². The summed E-state index contributed by atoms with van der Waals surface area (Å²) in [6, 6.07) is 14.3. The highest BCUT2D eigenvalue weighted by Gasteiger charge is 2.06. The van der Waals surface area contributed by atoms with Gasteiger partial charge in [-0.05, 0) is 41.5 Å². The quantitative estimate of drug-likeness (QED) is 0.635. The van der Waals surface area contributed by atoms with Crippen molar-refractivity contribution in [1.82, 2.24) is 4.98 Å². The lowest BCUT2D eigenvalue weighted by Gasteiger charge is -2.10. The molecule has 1 amide bonds. The predicted molar refractivity (Wildman–Crippen MR) is 100 cm³/mol. The lowest BCUT2D eigenvalue weighted by atomic mass is 10.0. The molecule has 0 aliphatic carbocycles. The van der Waals surface area contributed by atoms with Gasteiger partial charge in [-0.2, -0.15) is 0 Å². The van der Waals surface area contributed by atoms with Crippen LogP contribution in [-0.4, -0.2) is 23.1 Å². The zero-order valence-corrected chi connectivity index (χ0v) is 14.3. The maximum absolute atomic E-state index is 11.3. The van der Waals surface area contributed by atoms with Gasteiger partial charge >= 0.3 is 0 Å². The number of pyridine rings is 1. The van der Waals surface area contributed by atoms with E-state index in [0.29, 0.717) is 17.9 Å². The average molecular weight is 349 g/mol. The fraction of sp³-hybridized carbons (Fsp3) is 0.100. The number of primary amides is 1. The van der Waals surface area contributed by atoms with Crippen molar-refractivity contribution in [3.63, 3.8) is 0 Å². The van der Waals surface area contributed by atoms with E-state index in [2.05, 4.69) is 10.3 Å². The summed E-state index contributed by atoms with van der Waals surface area (Å²) in [6.45, 7) is 0.518. The van der Waals surface area contributed by atoms with Crippen LogP contribution in [0.5, 0.6) is 11.5 Å². The molecular weight excluding hydrogens is 330 g/mol. The molecule has 3 aromatic rings. The molecule has 0 atom stereocenters. The Labute approximate surface area is 151 Å². The molecule has 132 valence electrons. The van der Waals surface area contributed by atoms with Crippen molar-refractivity contribution < 1.29 is 14.6 Å². The number of anilines is 1. The SMILES string of the molecule is COc1ccc(CNc2cncc(-c3cccc(C(N)=O)c3)c2)cc1O. The van der Waals surface area contributed by atoms with Crippen LogP contribution < -0.4 is 15.8 Å². The lowest BCUT2D eigenvalue weighted by molar-refractivity contribution is 0.100. The number of phenols is 1. The molecule has 0 fully saturated rings. The summed E-state index contributed by atoms with van der Waals surface area (Å²) in [5.74, 6) is 0.0714. The van der Waals surface area contributed by atoms with Crippen molar-refractivity contribution >= 4 is 11.6 Å². The van der Waals surface area contributed by atoms with Gasteiger partial charge in [-0.25, -0.2) is 0 Å². The first-order valence-corrected chi connectivity index (χ1v) is 8.02. The topological polar surface area (TPSA) is 97.5 Å². The van der Waals surface area contributed by atoms with Gasteiger partial charge in [0.15, 0.2) is 11.5 Å². The van der Waals surface area contributed by atoms with E-state index in [1.54, 1.807) is 42.7 Å².